The van der Waals surface area contributed by atoms with Gasteiger partial charge in [-0.2, -0.15) is 0 Å². The zero-order valence-electron chi connectivity index (χ0n) is 15.6. The quantitative estimate of drug-likeness (QED) is 0.838. The van der Waals surface area contributed by atoms with E-state index in [1.54, 1.807) is 12.1 Å². The molecule has 2 aromatic rings. The third-order valence-corrected chi connectivity index (χ3v) is 5.90. The zero-order valence-corrected chi connectivity index (χ0v) is 15.6. The van der Waals surface area contributed by atoms with Gasteiger partial charge >= 0.3 is 6.03 Å². The predicted octanol–water partition coefficient (Wildman–Crippen LogP) is 4.58. The molecule has 5 heteroatoms. The van der Waals surface area contributed by atoms with E-state index in [0.29, 0.717) is 5.92 Å². The fourth-order valence-corrected chi connectivity index (χ4v) is 4.65. The molecule has 1 saturated heterocycles. The summed E-state index contributed by atoms with van der Waals surface area (Å²) in [5, 5.41) is 5.76. The van der Waals surface area contributed by atoms with Crippen molar-refractivity contribution >= 4 is 23.3 Å². The molecule has 2 aromatic carbocycles. The molecule has 0 unspecified atom stereocenters. The van der Waals surface area contributed by atoms with Crippen LogP contribution in [0.3, 0.4) is 0 Å². The van der Waals surface area contributed by atoms with Crippen LogP contribution in [0.5, 0.6) is 0 Å². The van der Waals surface area contributed by atoms with Gasteiger partial charge in [0.25, 0.3) is 0 Å². The summed E-state index contributed by atoms with van der Waals surface area (Å²) in [5.74, 6) is 0.432. The van der Waals surface area contributed by atoms with E-state index in [2.05, 4.69) is 34.9 Å². The van der Waals surface area contributed by atoms with Crippen molar-refractivity contribution in [2.45, 2.75) is 38.1 Å². The van der Waals surface area contributed by atoms with Crippen molar-refractivity contribution in [2.75, 3.05) is 17.2 Å². The lowest BCUT2D eigenvalue weighted by Gasteiger charge is -2.61. The fraction of sp³-hybridized carbons (Fsp3) is 0.364. The molecule has 0 radical (unpaired) electrons. The van der Waals surface area contributed by atoms with E-state index < -0.39 is 0 Å². The van der Waals surface area contributed by atoms with Crippen molar-refractivity contribution in [1.29, 1.82) is 0 Å². The van der Waals surface area contributed by atoms with E-state index in [-0.39, 0.29) is 17.5 Å². The Bertz CT molecular complexity index is 834. The van der Waals surface area contributed by atoms with E-state index in [1.165, 1.54) is 25.3 Å². The largest absolute Gasteiger partial charge is 0.326 e. The van der Waals surface area contributed by atoms with Crippen LogP contribution in [-0.2, 0) is 10.3 Å². The summed E-state index contributed by atoms with van der Waals surface area (Å²) in [6.07, 6.45) is 4.61. The Morgan fingerprint density at radius 3 is 2.26 bits per heavy atom. The van der Waals surface area contributed by atoms with Gasteiger partial charge in [0.15, 0.2) is 0 Å². The molecule has 0 aromatic heterocycles. The summed E-state index contributed by atoms with van der Waals surface area (Å²) in [4.78, 5) is 26.2. The van der Waals surface area contributed by atoms with Gasteiger partial charge in [-0.1, -0.05) is 43.2 Å². The Morgan fingerprint density at radius 1 is 0.963 bits per heavy atom. The van der Waals surface area contributed by atoms with Gasteiger partial charge < -0.3 is 15.5 Å². The number of hydrogen-bond acceptors (Lipinski definition) is 2. The second-order valence-corrected chi connectivity index (χ2v) is 7.53. The first-order valence-electron chi connectivity index (χ1n) is 9.61. The van der Waals surface area contributed by atoms with Gasteiger partial charge in [-0.25, -0.2) is 4.79 Å². The average molecular weight is 363 g/mol. The summed E-state index contributed by atoms with van der Waals surface area (Å²) in [6, 6.07) is 17.6. The highest BCUT2D eigenvalue weighted by atomic mass is 16.2. The van der Waals surface area contributed by atoms with Crippen molar-refractivity contribution < 1.29 is 9.59 Å². The second-order valence-electron chi connectivity index (χ2n) is 7.53. The maximum Gasteiger partial charge on any atom is 0.322 e. The molecule has 1 aliphatic heterocycles. The Morgan fingerprint density at radius 2 is 1.63 bits per heavy atom. The summed E-state index contributed by atoms with van der Waals surface area (Å²) < 4.78 is 0. The van der Waals surface area contributed by atoms with Crippen molar-refractivity contribution in [3.05, 3.63) is 60.2 Å². The lowest BCUT2D eigenvalue weighted by Crippen LogP contribution is -2.68. The van der Waals surface area contributed by atoms with E-state index >= 15 is 0 Å². The lowest BCUT2D eigenvalue weighted by atomic mass is 9.62. The number of carbonyl (C=O) groups excluding carboxylic acids is 2. The van der Waals surface area contributed by atoms with Crippen LogP contribution in [0, 0.1) is 5.92 Å². The minimum atomic E-state index is -0.167. The molecule has 27 heavy (non-hydrogen) atoms. The highest BCUT2D eigenvalue weighted by Crippen LogP contribution is 2.53. The molecular weight excluding hydrogens is 338 g/mol. The molecule has 1 aliphatic carbocycles. The number of nitrogens with zero attached hydrogens (tertiary/aromatic N) is 1. The molecule has 0 bridgehead atoms. The van der Waals surface area contributed by atoms with Crippen molar-refractivity contribution in [1.82, 2.24) is 4.90 Å². The Labute approximate surface area is 159 Å². The monoisotopic (exact) mass is 363 g/mol. The van der Waals surface area contributed by atoms with E-state index in [0.717, 1.165) is 30.8 Å². The highest BCUT2D eigenvalue weighted by molar-refractivity contribution is 5.92. The average Bonchev–Trinajstić information content (AvgIpc) is 2.65. The molecular formula is C22H25N3O2. The Balaban J connectivity index is 1.52. The fourth-order valence-electron chi connectivity index (χ4n) is 4.65. The van der Waals surface area contributed by atoms with Gasteiger partial charge in [0.05, 0.1) is 5.54 Å². The number of hydrogen-bond donors (Lipinski definition) is 2. The molecule has 2 N–H and O–H groups in total. The van der Waals surface area contributed by atoms with Gasteiger partial charge in [0.2, 0.25) is 5.91 Å². The van der Waals surface area contributed by atoms with Crippen LogP contribution in [0.15, 0.2) is 54.6 Å². The molecule has 140 valence electrons. The molecule has 2 aliphatic rings. The van der Waals surface area contributed by atoms with Crippen LogP contribution in [0.25, 0.3) is 0 Å². The topological polar surface area (TPSA) is 61.4 Å². The lowest BCUT2D eigenvalue weighted by molar-refractivity contribution is -0.114. The molecule has 5 nitrogen and oxygen atoms in total. The van der Waals surface area contributed by atoms with E-state index in [9.17, 15) is 9.59 Å². The predicted molar refractivity (Wildman–Crippen MR) is 107 cm³/mol. The van der Waals surface area contributed by atoms with E-state index in [4.69, 9.17) is 0 Å². The number of carbonyl (C=O) groups is 2. The number of anilines is 2. The normalized spacial score (nSPS) is 23.7. The standard InChI is InChI=1S/C22H25N3O2/c1-16(26)23-19-10-12-20(13-11-19)24-21(27)25-15-18-9-5-6-14-22(18,25)17-7-3-2-4-8-17/h2-4,7-8,10-13,18H,5-6,9,14-15H2,1H3,(H,23,26)(H,24,27)/t18-,22+/m0/s1. The molecule has 2 atom stereocenters. The number of amides is 3. The van der Waals surface area contributed by atoms with Gasteiger partial charge in [0, 0.05) is 30.8 Å². The van der Waals surface area contributed by atoms with Crippen LogP contribution < -0.4 is 10.6 Å². The molecule has 0 spiro atoms. The first-order chi connectivity index (χ1) is 13.1. The first-order valence-corrected chi connectivity index (χ1v) is 9.61. The minimum absolute atomic E-state index is 0.0516. The smallest absolute Gasteiger partial charge is 0.322 e. The number of fused-ring (bicyclic) bond motifs is 1. The van der Waals surface area contributed by atoms with Gasteiger partial charge in [-0.15, -0.1) is 0 Å². The molecule has 1 saturated carbocycles. The second kappa shape index (κ2) is 7.06. The molecule has 4 rings (SSSR count). The first kappa shape index (κ1) is 17.6. The number of benzene rings is 2. The van der Waals surface area contributed by atoms with Crippen molar-refractivity contribution in [3.63, 3.8) is 0 Å². The van der Waals surface area contributed by atoms with Crippen LogP contribution in [0.4, 0.5) is 16.2 Å². The number of urea groups is 1. The Hall–Kier alpha value is -2.82. The SMILES string of the molecule is CC(=O)Nc1ccc(NC(=O)N2C[C@@H]3CCCC[C@@]32c2ccccc2)cc1. The summed E-state index contributed by atoms with van der Waals surface area (Å²) >= 11 is 0. The van der Waals surface area contributed by atoms with Crippen LogP contribution in [0.2, 0.25) is 0 Å². The molecule has 3 amide bonds. The zero-order chi connectivity index (χ0) is 18.9. The van der Waals surface area contributed by atoms with Crippen LogP contribution in [-0.4, -0.2) is 23.4 Å². The van der Waals surface area contributed by atoms with Crippen molar-refractivity contribution in [2.24, 2.45) is 5.92 Å². The maximum absolute atomic E-state index is 13.0. The van der Waals surface area contributed by atoms with Crippen molar-refractivity contribution in [3.8, 4) is 0 Å². The van der Waals surface area contributed by atoms with E-state index in [1.807, 2.05) is 23.1 Å². The Kier molecular flexibility index (Phi) is 4.60. The summed E-state index contributed by atoms with van der Waals surface area (Å²) in [6.45, 7) is 2.29. The van der Waals surface area contributed by atoms with Gasteiger partial charge in [-0.3, -0.25) is 4.79 Å². The third kappa shape index (κ3) is 3.18. The number of likely N-dealkylation sites (tertiary alicyclic amines) is 1. The number of nitrogens with one attached hydrogen (secondary N) is 2. The third-order valence-electron chi connectivity index (χ3n) is 5.90. The summed E-state index contributed by atoms with van der Waals surface area (Å²) in [7, 11) is 0. The molecule has 2 fully saturated rings. The maximum atomic E-state index is 13.0. The van der Waals surface area contributed by atoms with Gasteiger partial charge in [0.1, 0.15) is 0 Å². The molecule has 1 heterocycles. The number of rotatable bonds is 3. The highest BCUT2D eigenvalue weighted by Gasteiger charge is 2.57. The van der Waals surface area contributed by atoms with Gasteiger partial charge in [-0.05, 0) is 42.7 Å². The van der Waals surface area contributed by atoms with Crippen LogP contribution >= 0.6 is 0 Å². The van der Waals surface area contributed by atoms with Crippen LogP contribution in [0.1, 0.15) is 38.2 Å². The summed E-state index contributed by atoms with van der Waals surface area (Å²) in [5.41, 5.74) is 2.53. The minimum Gasteiger partial charge on any atom is -0.326 e.